The van der Waals surface area contributed by atoms with Gasteiger partial charge in [0, 0.05) is 29.9 Å². The minimum absolute atomic E-state index is 0.117. The van der Waals surface area contributed by atoms with Crippen molar-refractivity contribution in [3.63, 3.8) is 0 Å². The molecule has 0 radical (unpaired) electrons. The van der Waals surface area contributed by atoms with Crippen LogP contribution in [0.2, 0.25) is 0 Å². The second-order valence-electron chi connectivity index (χ2n) is 8.03. The summed E-state index contributed by atoms with van der Waals surface area (Å²) < 4.78 is 5.17. The first-order chi connectivity index (χ1) is 15.8. The first-order valence-corrected chi connectivity index (χ1v) is 12.4. The highest BCUT2D eigenvalue weighted by molar-refractivity contribution is 7.99. The van der Waals surface area contributed by atoms with Crippen LogP contribution in [0.5, 0.6) is 0 Å². The zero-order chi connectivity index (χ0) is 23.7. The maximum atomic E-state index is 13.0. The van der Waals surface area contributed by atoms with E-state index in [-0.39, 0.29) is 22.9 Å². The molecule has 1 amide bonds. The smallest absolute Gasteiger partial charge is 0.295 e. The molecule has 0 bridgehead atoms. The Morgan fingerprint density at radius 2 is 1.91 bits per heavy atom. The van der Waals surface area contributed by atoms with Gasteiger partial charge in [-0.1, -0.05) is 43.8 Å². The molecule has 1 N–H and O–H groups in total. The minimum atomic E-state index is -0.270. The van der Waals surface area contributed by atoms with Crippen LogP contribution >= 0.6 is 23.1 Å². The number of nitrogens with zero attached hydrogens (tertiary/aromatic N) is 5. The van der Waals surface area contributed by atoms with E-state index < -0.39 is 0 Å². The molecule has 33 heavy (non-hydrogen) atoms. The predicted octanol–water partition coefficient (Wildman–Crippen LogP) is 4.20. The molecular weight excluding hydrogens is 456 g/mol. The molecule has 0 spiro atoms. The van der Waals surface area contributed by atoms with E-state index in [0.29, 0.717) is 16.8 Å². The number of thiophene rings is 1. The molecule has 0 fully saturated rings. The summed E-state index contributed by atoms with van der Waals surface area (Å²) >= 11 is 3.00. The maximum Gasteiger partial charge on any atom is 0.295 e. The Morgan fingerprint density at radius 1 is 1.18 bits per heavy atom. The molecule has 0 unspecified atom stereocenters. The molecule has 10 heteroatoms. The van der Waals surface area contributed by atoms with Crippen LogP contribution in [0.15, 0.2) is 51.7 Å². The van der Waals surface area contributed by atoms with Crippen LogP contribution in [0.3, 0.4) is 0 Å². The highest BCUT2D eigenvalue weighted by atomic mass is 32.2. The van der Waals surface area contributed by atoms with Crippen molar-refractivity contribution < 1.29 is 4.79 Å². The van der Waals surface area contributed by atoms with E-state index in [1.54, 1.807) is 27.7 Å². The molecule has 0 aliphatic rings. The summed E-state index contributed by atoms with van der Waals surface area (Å²) in [5.74, 6) is 1.08. The van der Waals surface area contributed by atoms with Gasteiger partial charge in [-0.2, -0.15) is 0 Å². The standard InChI is InChI=1S/C23H26N6O2S2/c1-14(2)18-11-16(12-32-18)21-25-26-23(27(21)4)33-13-19(30)24-20-15(3)28(5)29(22(20)31)17-9-7-6-8-10-17/h6-12,14H,13H2,1-5H3,(H,24,30). The summed E-state index contributed by atoms with van der Waals surface area (Å²) in [4.78, 5) is 26.9. The number of carbonyl (C=O) groups excluding carboxylic acids is 1. The molecule has 0 saturated carbocycles. The van der Waals surface area contributed by atoms with Crippen LogP contribution in [0.4, 0.5) is 5.69 Å². The van der Waals surface area contributed by atoms with Gasteiger partial charge in [-0.3, -0.25) is 14.3 Å². The topological polar surface area (TPSA) is 86.7 Å². The van der Waals surface area contributed by atoms with Gasteiger partial charge in [0.2, 0.25) is 5.91 Å². The van der Waals surface area contributed by atoms with Crippen LogP contribution in [0.25, 0.3) is 17.1 Å². The number of para-hydroxylation sites is 1. The molecule has 8 nitrogen and oxygen atoms in total. The van der Waals surface area contributed by atoms with Crippen molar-refractivity contribution in [2.24, 2.45) is 14.1 Å². The van der Waals surface area contributed by atoms with Crippen LogP contribution in [-0.4, -0.2) is 35.8 Å². The monoisotopic (exact) mass is 482 g/mol. The Morgan fingerprint density at radius 3 is 2.58 bits per heavy atom. The number of rotatable bonds is 7. The number of amides is 1. The lowest BCUT2D eigenvalue weighted by atomic mass is 10.1. The van der Waals surface area contributed by atoms with Gasteiger partial charge in [0.05, 0.1) is 17.1 Å². The van der Waals surface area contributed by atoms with Crippen LogP contribution in [0, 0.1) is 6.92 Å². The van der Waals surface area contributed by atoms with Gasteiger partial charge in [-0.25, -0.2) is 4.68 Å². The summed E-state index contributed by atoms with van der Waals surface area (Å²) in [6, 6.07) is 11.5. The first-order valence-electron chi connectivity index (χ1n) is 10.5. The van der Waals surface area contributed by atoms with E-state index in [1.165, 1.54) is 16.6 Å². The number of hydrogen-bond donors (Lipinski definition) is 1. The fourth-order valence-electron chi connectivity index (χ4n) is 3.48. The third-order valence-electron chi connectivity index (χ3n) is 5.43. The van der Waals surface area contributed by atoms with Crippen molar-refractivity contribution in [3.05, 3.63) is 62.7 Å². The van der Waals surface area contributed by atoms with Gasteiger partial charge in [0.15, 0.2) is 11.0 Å². The first kappa shape index (κ1) is 23.1. The lowest BCUT2D eigenvalue weighted by Gasteiger charge is -2.07. The van der Waals surface area contributed by atoms with E-state index >= 15 is 0 Å². The Kier molecular flexibility index (Phi) is 6.57. The predicted molar refractivity (Wildman–Crippen MR) is 134 cm³/mol. The third-order valence-corrected chi connectivity index (χ3v) is 7.69. The van der Waals surface area contributed by atoms with Crippen molar-refractivity contribution in [2.45, 2.75) is 31.8 Å². The van der Waals surface area contributed by atoms with Gasteiger partial charge in [-0.15, -0.1) is 21.5 Å². The van der Waals surface area contributed by atoms with Crippen LogP contribution < -0.4 is 10.9 Å². The summed E-state index contributed by atoms with van der Waals surface area (Å²) in [7, 11) is 3.69. The lowest BCUT2D eigenvalue weighted by Crippen LogP contribution is -2.23. The van der Waals surface area contributed by atoms with Crippen molar-refractivity contribution in [2.75, 3.05) is 11.1 Å². The fourth-order valence-corrected chi connectivity index (χ4v) is 5.10. The molecule has 172 valence electrons. The molecule has 4 aromatic rings. The average Bonchev–Trinajstić information content (AvgIpc) is 3.47. The van der Waals surface area contributed by atoms with Gasteiger partial charge in [-0.05, 0) is 31.0 Å². The van der Waals surface area contributed by atoms with E-state index in [4.69, 9.17) is 0 Å². The second kappa shape index (κ2) is 9.40. The van der Waals surface area contributed by atoms with Crippen LogP contribution in [0.1, 0.15) is 30.3 Å². The summed E-state index contributed by atoms with van der Waals surface area (Å²) in [6.07, 6.45) is 0. The molecule has 4 rings (SSSR count). The molecule has 0 atom stereocenters. The number of thioether (sulfide) groups is 1. The molecule has 1 aromatic carbocycles. The number of carbonyl (C=O) groups is 1. The molecule has 0 saturated heterocycles. The highest BCUT2D eigenvalue weighted by Gasteiger charge is 2.19. The Bertz CT molecular complexity index is 1350. The highest BCUT2D eigenvalue weighted by Crippen LogP contribution is 2.30. The number of aromatic nitrogens is 5. The lowest BCUT2D eigenvalue weighted by molar-refractivity contribution is -0.113. The normalized spacial score (nSPS) is 11.3. The number of nitrogens with one attached hydrogen (secondary N) is 1. The Balaban J connectivity index is 1.47. The largest absolute Gasteiger partial charge is 0.319 e. The minimum Gasteiger partial charge on any atom is -0.319 e. The Labute approximate surface area is 200 Å². The molecule has 0 aliphatic carbocycles. The van der Waals surface area contributed by atoms with Crippen molar-refractivity contribution in [1.29, 1.82) is 0 Å². The quantitative estimate of drug-likeness (QED) is 0.399. The number of benzene rings is 1. The number of hydrogen-bond acceptors (Lipinski definition) is 6. The SMILES string of the molecule is Cc1c(NC(=O)CSc2nnc(-c3csc(C(C)C)c3)n2C)c(=O)n(-c2ccccc2)n1C. The second-order valence-corrected chi connectivity index (χ2v) is 9.92. The summed E-state index contributed by atoms with van der Waals surface area (Å²) in [6.45, 7) is 6.13. The van der Waals surface area contributed by atoms with Gasteiger partial charge >= 0.3 is 0 Å². The molecule has 3 aromatic heterocycles. The molecule has 0 aliphatic heterocycles. The summed E-state index contributed by atoms with van der Waals surface area (Å²) in [5, 5.41) is 14.1. The summed E-state index contributed by atoms with van der Waals surface area (Å²) in [5.41, 5.74) is 2.46. The van der Waals surface area contributed by atoms with E-state index in [2.05, 4.69) is 40.8 Å². The molecule has 3 heterocycles. The zero-order valence-electron chi connectivity index (χ0n) is 19.2. The average molecular weight is 483 g/mol. The third kappa shape index (κ3) is 4.53. The van der Waals surface area contributed by atoms with Gasteiger partial charge in [0.1, 0.15) is 5.69 Å². The van der Waals surface area contributed by atoms with Crippen molar-refractivity contribution >= 4 is 34.7 Å². The fraction of sp³-hybridized carbons (Fsp3) is 0.304. The maximum absolute atomic E-state index is 13.0. The van der Waals surface area contributed by atoms with Crippen molar-refractivity contribution in [3.8, 4) is 17.1 Å². The zero-order valence-corrected chi connectivity index (χ0v) is 20.8. The van der Waals surface area contributed by atoms with E-state index in [0.717, 1.165) is 17.1 Å². The van der Waals surface area contributed by atoms with Gasteiger partial charge < -0.3 is 9.88 Å². The van der Waals surface area contributed by atoms with Crippen molar-refractivity contribution in [1.82, 2.24) is 24.1 Å². The molecular formula is C23H26N6O2S2. The van der Waals surface area contributed by atoms with Gasteiger partial charge in [0.25, 0.3) is 5.56 Å². The van der Waals surface area contributed by atoms with Crippen LogP contribution in [-0.2, 0) is 18.9 Å². The number of anilines is 1. The van der Waals surface area contributed by atoms with E-state index in [9.17, 15) is 9.59 Å². The Hall–Kier alpha value is -3.11. The van der Waals surface area contributed by atoms with E-state index in [1.807, 2.05) is 48.9 Å².